The Bertz CT molecular complexity index is 1250. The van der Waals surface area contributed by atoms with Crippen molar-refractivity contribution in [2.24, 2.45) is 0 Å². The molecule has 0 bridgehead atoms. The van der Waals surface area contributed by atoms with Gasteiger partial charge in [-0.15, -0.1) is 0 Å². The van der Waals surface area contributed by atoms with Gasteiger partial charge in [-0.25, -0.2) is 8.42 Å². The number of carbonyl (C=O) groups excluding carboxylic acids is 1. The van der Waals surface area contributed by atoms with Crippen LogP contribution in [0.2, 0.25) is 0 Å². The van der Waals surface area contributed by atoms with Crippen molar-refractivity contribution in [3.8, 4) is 0 Å². The number of sulfonamides is 1. The molecule has 1 aliphatic heterocycles. The molecule has 1 heterocycles. The maximum Gasteiger partial charge on any atom is 0.262 e. The molecule has 4 rings (SSSR count). The highest BCUT2D eigenvalue weighted by Gasteiger charge is 2.24. The Kier molecular flexibility index (Phi) is 5.58. The van der Waals surface area contributed by atoms with E-state index >= 15 is 0 Å². The summed E-state index contributed by atoms with van der Waals surface area (Å²) in [6.07, 6.45) is 0.799. The summed E-state index contributed by atoms with van der Waals surface area (Å²) in [7, 11) is -3.83. The normalized spacial score (nSPS) is 13.6. The smallest absolute Gasteiger partial charge is 0.262 e. The van der Waals surface area contributed by atoms with Gasteiger partial charge in [0.05, 0.1) is 4.90 Å². The largest absolute Gasteiger partial charge is 0.334 e. The highest BCUT2D eigenvalue weighted by atomic mass is 32.2. The van der Waals surface area contributed by atoms with Crippen molar-refractivity contribution in [3.63, 3.8) is 0 Å². The van der Waals surface area contributed by atoms with Gasteiger partial charge in [0.15, 0.2) is 0 Å². The number of nitrogens with zero attached hydrogens (tertiary/aromatic N) is 1. The van der Waals surface area contributed by atoms with E-state index in [1.54, 1.807) is 36.1 Å². The predicted molar refractivity (Wildman–Crippen MR) is 123 cm³/mol. The van der Waals surface area contributed by atoms with E-state index in [0.29, 0.717) is 29.9 Å². The van der Waals surface area contributed by atoms with E-state index in [4.69, 9.17) is 0 Å². The number of hydrogen-bond acceptors (Lipinski definition) is 3. The average Bonchev–Trinajstić information content (AvgIpc) is 2.72. The Balaban J connectivity index is 1.61. The summed E-state index contributed by atoms with van der Waals surface area (Å²) >= 11 is 0. The number of amides is 1. The zero-order valence-electron chi connectivity index (χ0n) is 18.0. The third kappa shape index (κ3) is 4.49. The second kappa shape index (κ2) is 8.19. The van der Waals surface area contributed by atoms with Crippen LogP contribution in [0.5, 0.6) is 0 Å². The summed E-state index contributed by atoms with van der Waals surface area (Å²) in [5, 5.41) is 0. The van der Waals surface area contributed by atoms with Crippen LogP contribution in [0.1, 0.15) is 38.2 Å². The fourth-order valence-electron chi connectivity index (χ4n) is 4.12. The lowest BCUT2D eigenvalue weighted by atomic mass is 9.99. The first kappa shape index (κ1) is 21.1. The minimum absolute atomic E-state index is 0.120. The Hall–Kier alpha value is -3.12. The topological polar surface area (TPSA) is 66.5 Å². The number of aryl methyl sites for hydroxylation is 3. The number of carbonyl (C=O) groups is 1. The zero-order valence-corrected chi connectivity index (χ0v) is 18.8. The van der Waals surface area contributed by atoms with Crippen LogP contribution in [-0.2, 0) is 23.0 Å². The van der Waals surface area contributed by atoms with Gasteiger partial charge < -0.3 is 4.90 Å². The van der Waals surface area contributed by atoms with Crippen molar-refractivity contribution >= 4 is 21.6 Å². The fourth-order valence-corrected chi connectivity index (χ4v) is 5.43. The molecule has 1 amide bonds. The van der Waals surface area contributed by atoms with E-state index in [0.717, 1.165) is 23.1 Å². The van der Waals surface area contributed by atoms with E-state index in [-0.39, 0.29) is 10.8 Å². The molecular weight excluding hydrogens is 408 g/mol. The second-order valence-electron chi connectivity index (χ2n) is 8.21. The van der Waals surface area contributed by atoms with Crippen molar-refractivity contribution in [1.29, 1.82) is 0 Å². The van der Waals surface area contributed by atoms with Gasteiger partial charge in [0.25, 0.3) is 15.9 Å². The van der Waals surface area contributed by atoms with Crippen LogP contribution < -0.4 is 4.72 Å². The summed E-state index contributed by atoms with van der Waals surface area (Å²) in [6.45, 7) is 6.73. The van der Waals surface area contributed by atoms with Crippen LogP contribution in [0.4, 0.5) is 5.69 Å². The van der Waals surface area contributed by atoms with Gasteiger partial charge in [-0.3, -0.25) is 9.52 Å². The predicted octanol–water partition coefficient (Wildman–Crippen LogP) is 4.61. The molecule has 0 aromatic heterocycles. The summed E-state index contributed by atoms with van der Waals surface area (Å²) in [6, 6.07) is 18.6. The molecular formula is C25H26N2O3S. The SMILES string of the molecule is Cc1cc(C)cc(NS(=O)(=O)c2cc(C(=O)N3CCc4ccccc4C3)ccc2C)c1. The van der Waals surface area contributed by atoms with Crippen LogP contribution in [0.25, 0.3) is 0 Å². The Labute approximate surface area is 183 Å². The number of benzene rings is 3. The van der Waals surface area contributed by atoms with Gasteiger partial charge in [-0.1, -0.05) is 36.4 Å². The average molecular weight is 435 g/mol. The van der Waals surface area contributed by atoms with Crippen LogP contribution >= 0.6 is 0 Å². The molecule has 0 aliphatic carbocycles. The molecule has 5 nitrogen and oxygen atoms in total. The molecule has 0 radical (unpaired) electrons. The van der Waals surface area contributed by atoms with Crippen molar-refractivity contribution < 1.29 is 13.2 Å². The summed E-state index contributed by atoms with van der Waals surface area (Å²) < 4.78 is 28.9. The first-order valence-corrected chi connectivity index (χ1v) is 11.8. The van der Waals surface area contributed by atoms with Crippen LogP contribution in [-0.4, -0.2) is 25.8 Å². The molecule has 6 heteroatoms. The highest BCUT2D eigenvalue weighted by molar-refractivity contribution is 7.92. The zero-order chi connectivity index (χ0) is 22.2. The van der Waals surface area contributed by atoms with Crippen molar-refractivity contribution in [2.75, 3.05) is 11.3 Å². The van der Waals surface area contributed by atoms with Gasteiger partial charge in [0.1, 0.15) is 0 Å². The number of anilines is 1. The molecule has 0 fully saturated rings. The van der Waals surface area contributed by atoms with Gasteiger partial charge in [0.2, 0.25) is 0 Å². The van der Waals surface area contributed by atoms with Crippen LogP contribution in [0.15, 0.2) is 65.6 Å². The standard InChI is InChI=1S/C25H26N2O3S/c1-17-12-18(2)14-23(13-17)26-31(29,30)24-15-21(9-8-19(24)3)25(28)27-11-10-20-6-4-5-7-22(20)16-27/h4-9,12-15,26H,10-11,16H2,1-3H3. The molecule has 0 spiro atoms. The molecule has 0 atom stereocenters. The molecule has 0 saturated heterocycles. The third-order valence-corrected chi connectivity index (χ3v) is 7.14. The van der Waals surface area contributed by atoms with E-state index in [1.165, 1.54) is 11.6 Å². The van der Waals surface area contributed by atoms with E-state index < -0.39 is 10.0 Å². The molecule has 3 aromatic rings. The Morgan fingerprint density at radius 3 is 2.29 bits per heavy atom. The van der Waals surface area contributed by atoms with Crippen LogP contribution in [0.3, 0.4) is 0 Å². The monoisotopic (exact) mass is 434 g/mol. The van der Waals surface area contributed by atoms with E-state index in [1.807, 2.05) is 38.1 Å². The van der Waals surface area contributed by atoms with Crippen LogP contribution in [0, 0.1) is 20.8 Å². The minimum Gasteiger partial charge on any atom is -0.334 e. The highest BCUT2D eigenvalue weighted by Crippen LogP contribution is 2.25. The quantitative estimate of drug-likeness (QED) is 0.652. The molecule has 1 N–H and O–H groups in total. The molecule has 160 valence electrons. The number of rotatable bonds is 4. The summed E-state index contributed by atoms with van der Waals surface area (Å²) in [5.74, 6) is -0.155. The third-order valence-electron chi connectivity index (χ3n) is 5.62. The van der Waals surface area contributed by atoms with Crippen molar-refractivity contribution in [2.45, 2.75) is 38.6 Å². The first-order chi connectivity index (χ1) is 14.7. The lowest BCUT2D eigenvalue weighted by Crippen LogP contribution is -2.36. The molecule has 31 heavy (non-hydrogen) atoms. The maximum atomic E-state index is 13.2. The van der Waals surface area contributed by atoms with Crippen molar-refractivity contribution in [3.05, 3.63) is 94.0 Å². The first-order valence-electron chi connectivity index (χ1n) is 10.3. The van der Waals surface area contributed by atoms with Gasteiger partial charge in [0, 0.05) is 24.3 Å². The lowest BCUT2D eigenvalue weighted by Gasteiger charge is -2.29. The second-order valence-corrected chi connectivity index (χ2v) is 9.86. The Morgan fingerprint density at radius 1 is 0.903 bits per heavy atom. The van der Waals surface area contributed by atoms with Gasteiger partial charge in [-0.05, 0) is 79.3 Å². The molecule has 1 aliphatic rings. The van der Waals surface area contributed by atoms with Crippen molar-refractivity contribution in [1.82, 2.24) is 4.90 Å². The summed E-state index contributed by atoms with van der Waals surface area (Å²) in [4.78, 5) is 15.1. The van der Waals surface area contributed by atoms with Gasteiger partial charge >= 0.3 is 0 Å². The molecule has 3 aromatic carbocycles. The van der Waals surface area contributed by atoms with Gasteiger partial charge in [-0.2, -0.15) is 0 Å². The number of nitrogens with one attached hydrogen (secondary N) is 1. The molecule has 0 unspecified atom stereocenters. The fraction of sp³-hybridized carbons (Fsp3) is 0.240. The Morgan fingerprint density at radius 2 is 1.58 bits per heavy atom. The lowest BCUT2D eigenvalue weighted by molar-refractivity contribution is 0.0734. The minimum atomic E-state index is -3.83. The molecule has 0 saturated carbocycles. The van der Waals surface area contributed by atoms with E-state index in [9.17, 15) is 13.2 Å². The number of hydrogen-bond donors (Lipinski definition) is 1. The number of fused-ring (bicyclic) bond motifs is 1. The summed E-state index contributed by atoms with van der Waals surface area (Å²) in [5.41, 5.74) is 5.84. The van der Waals surface area contributed by atoms with E-state index in [2.05, 4.69) is 10.8 Å². The maximum absolute atomic E-state index is 13.2.